The molecular weight excluding hydrogens is 376 g/mol. The molecule has 0 bridgehead atoms. The monoisotopic (exact) mass is 424 g/mol. The van der Waals surface area contributed by atoms with Crippen LogP contribution >= 0.6 is 0 Å². The minimum absolute atomic E-state index is 0.226. The molecule has 1 aliphatic carbocycles. The van der Waals surface area contributed by atoms with E-state index in [2.05, 4.69) is 6.92 Å². The quantitative estimate of drug-likeness (QED) is 0.182. The normalized spacial score (nSPS) is 16.8. The Morgan fingerprint density at radius 2 is 1.17 bits per heavy atom. The maximum atomic E-state index is 12.6. The average molecular weight is 425 g/mol. The van der Waals surface area contributed by atoms with Gasteiger partial charge in [0.25, 0.3) is 0 Å². The first kappa shape index (κ1) is 27.0. The van der Waals surface area contributed by atoms with Gasteiger partial charge in [0.15, 0.2) is 0 Å². The van der Waals surface area contributed by atoms with Crippen LogP contribution in [-0.4, -0.2) is 26.2 Å². The highest BCUT2D eigenvalue weighted by Gasteiger charge is 2.40. The largest absolute Gasteiger partial charge is 0.469 e. The van der Waals surface area contributed by atoms with Gasteiger partial charge in [-0.15, -0.1) is 0 Å². The fourth-order valence-electron chi connectivity index (χ4n) is 5.12. The third-order valence-corrected chi connectivity index (χ3v) is 6.94. The molecule has 1 saturated carbocycles. The zero-order valence-corrected chi connectivity index (χ0v) is 20.1. The van der Waals surface area contributed by atoms with Crippen molar-refractivity contribution in [1.82, 2.24) is 0 Å². The van der Waals surface area contributed by atoms with Crippen molar-refractivity contribution in [3.05, 3.63) is 0 Å². The second-order valence-corrected chi connectivity index (χ2v) is 9.25. The fourth-order valence-corrected chi connectivity index (χ4v) is 5.12. The second-order valence-electron chi connectivity index (χ2n) is 9.25. The Morgan fingerprint density at radius 3 is 1.63 bits per heavy atom. The molecule has 176 valence electrons. The molecule has 0 amide bonds. The molecule has 2 unspecified atom stereocenters. The lowest BCUT2D eigenvalue weighted by atomic mass is 9.72. The number of hydrogen-bond acceptors (Lipinski definition) is 4. The standard InChI is InChI=1S/C26H48O4/c1-4-5-6-7-8-9-10-11-12-13-14-18-21-23(25(27)29-2)24(26(28)30-3)22-19-16-15-17-20-22/h22-24H,4-21H2,1-3H3. The molecule has 0 aromatic carbocycles. The molecule has 30 heavy (non-hydrogen) atoms. The van der Waals surface area contributed by atoms with Crippen LogP contribution in [0.15, 0.2) is 0 Å². The Balaban J connectivity index is 2.33. The predicted molar refractivity (Wildman–Crippen MR) is 123 cm³/mol. The van der Waals surface area contributed by atoms with Crippen LogP contribution in [0.25, 0.3) is 0 Å². The number of hydrogen-bond donors (Lipinski definition) is 0. The van der Waals surface area contributed by atoms with E-state index in [1.54, 1.807) is 0 Å². The van der Waals surface area contributed by atoms with E-state index < -0.39 is 0 Å². The molecule has 1 aliphatic rings. The van der Waals surface area contributed by atoms with Gasteiger partial charge in [-0.2, -0.15) is 0 Å². The average Bonchev–Trinajstić information content (AvgIpc) is 2.78. The SMILES string of the molecule is CCCCCCCCCCCCCCC(C(=O)OC)C(C(=O)OC)C1CCCCC1. The summed E-state index contributed by atoms with van der Waals surface area (Å²) < 4.78 is 10.2. The summed E-state index contributed by atoms with van der Waals surface area (Å²) in [6, 6.07) is 0. The Labute approximate surface area is 185 Å². The molecule has 0 aliphatic heterocycles. The smallest absolute Gasteiger partial charge is 0.309 e. The fraction of sp³-hybridized carbons (Fsp3) is 0.923. The van der Waals surface area contributed by atoms with Crippen molar-refractivity contribution in [3.8, 4) is 0 Å². The van der Waals surface area contributed by atoms with Crippen molar-refractivity contribution in [1.29, 1.82) is 0 Å². The van der Waals surface area contributed by atoms with Crippen LogP contribution in [0.4, 0.5) is 0 Å². The highest BCUT2D eigenvalue weighted by molar-refractivity contribution is 5.82. The van der Waals surface area contributed by atoms with Crippen LogP contribution in [0.2, 0.25) is 0 Å². The van der Waals surface area contributed by atoms with E-state index in [0.717, 1.165) is 44.9 Å². The van der Waals surface area contributed by atoms with E-state index >= 15 is 0 Å². The summed E-state index contributed by atoms with van der Waals surface area (Å²) in [5.41, 5.74) is 0. The van der Waals surface area contributed by atoms with E-state index in [1.165, 1.54) is 84.8 Å². The van der Waals surface area contributed by atoms with Gasteiger partial charge in [0.2, 0.25) is 0 Å². The van der Waals surface area contributed by atoms with Crippen LogP contribution in [0.5, 0.6) is 0 Å². The van der Waals surface area contributed by atoms with Crippen molar-refractivity contribution < 1.29 is 19.1 Å². The molecule has 0 saturated heterocycles. The summed E-state index contributed by atoms with van der Waals surface area (Å²) in [5.74, 6) is -0.896. The van der Waals surface area contributed by atoms with Gasteiger partial charge in [-0.05, 0) is 25.2 Å². The zero-order chi connectivity index (χ0) is 22.0. The number of unbranched alkanes of at least 4 members (excludes halogenated alkanes) is 11. The van der Waals surface area contributed by atoms with Crippen molar-refractivity contribution in [2.75, 3.05) is 14.2 Å². The van der Waals surface area contributed by atoms with E-state index in [9.17, 15) is 9.59 Å². The summed E-state index contributed by atoms with van der Waals surface area (Å²) in [5, 5.41) is 0. The number of rotatable bonds is 17. The minimum atomic E-state index is -0.353. The topological polar surface area (TPSA) is 52.6 Å². The molecule has 0 aromatic rings. The van der Waals surface area contributed by atoms with Crippen LogP contribution in [0.1, 0.15) is 122 Å². The first-order chi connectivity index (χ1) is 14.7. The van der Waals surface area contributed by atoms with E-state index in [1.807, 2.05) is 0 Å². The van der Waals surface area contributed by atoms with Gasteiger partial charge in [-0.1, -0.05) is 103 Å². The number of carbonyl (C=O) groups excluding carboxylic acids is 2. The van der Waals surface area contributed by atoms with Gasteiger partial charge in [-0.3, -0.25) is 9.59 Å². The first-order valence-electron chi connectivity index (χ1n) is 12.8. The number of carbonyl (C=O) groups is 2. The van der Waals surface area contributed by atoms with Crippen LogP contribution in [0.3, 0.4) is 0 Å². The van der Waals surface area contributed by atoms with Gasteiger partial charge >= 0.3 is 11.9 Å². The third kappa shape index (κ3) is 10.8. The molecular formula is C26H48O4. The van der Waals surface area contributed by atoms with E-state index in [0.29, 0.717) is 0 Å². The van der Waals surface area contributed by atoms with Crippen LogP contribution in [0, 0.1) is 17.8 Å². The molecule has 0 spiro atoms. The summed E-state index contributed by atoms with van der Waals surface area (Å²) in [7, 11) is 2.88. The van der Waals surface area contributed by atoms with E-state index in [-0.39, 0.29) is 29.7 Å². The third-order valence-electron chi connectivity index (χ3n) is 6.94. The lowest BCUT2D eigenvalue weighted by Gasteiger charge is -2.32. The second kappa shape index (κ2) is 17.6. The Morgan fingerprint density at radius 1 is 0.700 bits per heavy atom. The minimum Gasteiger partial charge on any atom is -0.469 e. The van der Waals surface area contributed by atoms with Crippen molar-refractivity contribution in [2.24, 2.45) is 17.8 Å². The van der Waals surface area contributed by atoms with Crippen LogP contribution < -0.4 is 0 Å². The number of methoxy groups -OCH3 is 2. The summed E-state index contributed by atoms with van der Waals surface area (Å²) in [6.07, 6.45) is 21.8. The lowest BCUT2D eigenvalue weighted by molar-refractivity contribution is -0.161. The molecule has 0 heterocycles. The maximum absolute atomic E-state index is 12.6. The summed E-state index contributed by atoms with van der Waals surface area (Å²) in [4.78, 5) is 25.1. The molecule has 1 fully saturated rings. The molecule has 1 rings (SSSR count). The van der Waals surface area contributed by atoms with Gasteiger partial charge in [0, 0.05) is 0 Å². The lowest BCUT2D eigenvalue weighted by Crippen LogP contribution is -2.38. The Hall–Kier alpha value is -1.06. The highest BCUT2D eigenvalue weighted by atomic mass is 16.5. The number of esters is 2. The molecule has 0 aromatic heterocycles. The zero-order valence-electron chi connectivity index (χ0n) is 20.1. The Bertz CT molecular complexity index is 442. The maximum Gasteiger partial charge on any atom is 0.309 e. The van der Waals surface area contributed by atoms with Crippen molar-refractivity contribution in [3.63, 3.8) is 0 Å². The van der Waals surface area contributed by atoms with Crippen molar-refractivity contribution >= 4 is 11.9 Å². The van der Waals surface area contributed by atoms with Gasteiger partial charge < -0.3 is 9.47 Å². The van der Waals surface area contributed by atoms with E-state index in [4.69, 9.17) is 9.47 Å². The highest BCUT2D eigenvalue weighted by Crippen LogP contribution is 2.37. The summed E-state index contributed by atoms with van der Waals surface area (Å²) >= 11 is 0. The number of ether oxygens (including phenoxy) is 2. The van der Waals surface area contributed by atoms with Crippen LogP contribution in [-0.2, 0) is 19.1 Å². The van der Waals surface area contributed by atoms with Gasteiger partial charge in [0.1, 0.15) is 0 Å². The molecule has 0 radical (unpaired) electrons. The van der Waals surface area contributed by atoms with Crippen molar-refractivity contribution in [2.45, 2.75) is 122 Å². The Kier molecular flexibility index (Phi) is 15.8. The molecule has 0 N–H and O–H groups in total. The first-order valence-corrected chi connectivity index (χ1v) is 12.8. The molecule has 2 atom stereocenters. The predicted octanol–water partition coefficient (Wildman–Crippen LogP) is 7.24. The van der Waals surface area contributed by atoms with Gasteiger partial charge in [0.05, 0.1) is 26.1 Å². The summed E-state index contributed by atoms with van der Waals surface area (Å²) in [6.45, 7) is 2.26. The molecule has 4 nitrogen and oxygen atoms in total. The molecule has 4 heteroatoms. The van der Waals surface area contributed by atoms with Gasteiger partial charge in [-0.25, -0.2) is 0 Å².